The number of unbranched alkanes of at least 4 members (excludes halogenated alkanes) is 1. The van der Waals surface area contributed by atoms with Gasteiger partial charge in [0.1, 0.15) is 6.10 Å². The van der Waals surface area contributed by atoms with Crippen LogP contribution in [0.1, 0.15) is 56.6 Å². The number of thioether (sulfide) groups is 1. The number of hydrogen-bond donors (Lipinski definition) is 4. The number of nitrogens with one attached hydrogen (secondary N) is 1. The Kier molecular flexibility index (Phi) is 7.01. The Morgan fingerprint density at radius 3 is 2.71 bits per heavy atom. The van der Waals surface area contributed by atoms with Gasteiger partial charge in [0.25, 0.3) is 0 Å². The first-order valence-electron chi connectivity index (χ1n) is 12.1. The quantitative estimate of drug-likeness (QED) is 0.195. The van der Waals surface area contributed by atoms with Gasteiger partial charge in [0.2, 0.25) is 0 Å². The predicted octanol–water partition coefficient (Wildman–Crippen LogP) is 2.75. The minimum Gasteiger partial charge on any atom is -0.396 e. The van der Waals surface area contributed by atoms with Crippen molar-refractivity contribution in [2.45, 2.75) is 74.4 Å². The van der Waals surface area contributed by atoms with E-state index in [1.54, 1.807) is 16.4 Å². The zero-order valence-electron chi connectivity index (χ0n) is 19.3. The topological polar surface area (TPSA) is 129 Å². The molecule has 34 heavy (non-hydrogen) atoms. The van der Waals surface area contributed by atoms with Gasteiger partial charge in [0.15, 0.2) is 22.1 Å². The third-order valence-electron chi connectivity index (χ3n) is 6.96. The smallest absolute Gasteiger partial charge is 0.191 e. The highest BCUT2D eigenvalue weighted by Crippen LogP contribution is 2.44. The third-order valence-corrected chi connectivity index (χ3v) is 7.89. The van der Waals surface area contributed by atoms with Crippen molar-refractivity contribution in [2.75, 3.05) is 17.7 Å². The lowest BCUT2D eigenvalue weighted by atomic mass is 10.0. The van der Waals surface area contributed by atoms with Crippen molar-refractivity contribution in [1.82, 2.24) is 25.0 Å². The molecule has 2 aliphatic carbocycles. The summed E-state index contributed by atoms with van der Waals surface area (Å²) in [5.41, 5.74) is 2.45. The number of aliphatic hydroxyl groups is 3. The van der Waals surface area contributed by atoms with Gasteiger partial charge in [-0.25, -0.2) is 14.6 Å². The Bertz CT molecular complexity index is 1110. The van der Waals surface area contributed by atoms with Crippen molar-refractivity contribution in [1.29, 1.82) is 0 Å². The van der Waals surface area contributed by atoms with E-state index in [4.69, 9.17) is 9.97 Å². The van der Waals surface area contributed by atoms with Crippen molar-refractivity contribution in [3.63, 3.8) is 0 Å². The summed E-state index contributed by atoms with van der Waals surface area (Å²) < 4.78 is 1.64. The summed E-state index contributed by atoms with van der Waals surface area (Å²) in [5, 5.41) is 43.5. The van der Waals surface area contributed by atoms with Crippen LogP contribution in [-0.4, -0.2) is 70.9 Å². The predicted molar refractivity (Wildman–Crippen MR) is 131 cm³/mol. The molecule has 0 aliphatic heterocycles. The summed E-state index contributed by atoms with van der Waals surface area (Å²) in [5.74, 6) is 1.82. The molecule has 0 saturated heterocycles. The summed E-state index contributed by atoms with van der Waals surface area (Å²) in [4.78, 5) is 9.53. The first kappa shape index (κ1) is 23.5. The Morgan fingerprint density at radius 1 is 1.12 bits per heavy atom. The van der Waals surface area contributed by atoms with Gasteiger partial charge in [0.05, 0.1) is 12.1 Å². The number of anilines is 1. The van der Waals surface area contributed by atoms with Gasteiger partial charge in [-0.05, 0) is 37.2 Å². The van der Waals surface area contributed by atoms with E-state index in [1.165, 1.54) is 5.56 Å². The van der Waals surface area contributed by atoms with E-state index < -0.39 is 18.2 Å². The Hall–Kier alpha value is -2.27. The lowest BCUT2D eigenvalue weighted by molar-refractivity contribution is 0.00107. The summed E-state index contributed by atoms with van der Waals surface area (Å²) in [6.07, 6.45) is 2.23. The van der Waals surface area contributed by atoms with Crippen LogP contribution >= 0.6 is 11.8 Å². The van der Waals surface area contributed by atoms with E-state index in [0.29, 0.717) is 40.9 Å². The molecule has 5 rings (SSSR count). The SMILES string of the molecule is CCCCSc1nc(NC2CC2c2ccccc2)c2nnn(C3CC(CCO)C(O)C3O)c2n1. The van der Waals surface area contributed by atoms with Crippen LogP contribution in [0.2, 0.25) is 0 Å². The third kappa shape index (κ3) is 4.64. The zero-order chi connectivity index (χ0) is 23.7. The van der Waals surface area contributed by atoms with Gasteiger partial charge >= 0.3 is 0 Å². The minimum atomic E-state index is -0.991. The average Bonchev–Trinajstić information content (AvgIpc) is 3.40. The monoisotopic (exact) mass is 484 g/mol. The fraction of sp³-hybridized carbons (Fsp3) is 0.583. The lowest BCUT2D eigenvalue weighted by Crippen LogP contribution is -2.30. The van der Waals surface area contributed by atoms with Gasteiger partial charge in [-0.2, -0.15) is 0 Å². The molecule has 0 amide bonds. The van der Waals surface area contributed by atoms with E-state index in [1.807, 2.05) is 6.07 Å². The molecule has 4 N–H and O–H groups in total. The van der Waals surface area contributed by atoms with Crippen molar-refractivity contribution >= 4 is 28.7 Å². The number of fused-ring (bicyclic) bond motifs is 1. The normalized spacial score (nSPS) is 28.5. The molecule has 0 bridgehead atoms. The maximum absolute atomic E-state index is 10.7. The number of rotatable bonds is 10. The first-order valence-corrected chi connectivity index (χ1v) is 13.1. The molecule has 9 nitrogen and oxygen atoms in total. The van der Waals surface area contributed by atoms with Crippen LogP contribution in [0, 0.1) is 5.92 Å². The van der Waals surface area contributed by atoms with E-state index in [-0.39, 0.29) is 18.6 Å². The fourth-order valence-corrected chi connectivity index (χ4v) is 5.82. The van der Waals surface area contributed by atoms with Crippen LogP contribution < -0.4 is 5.32 Å². The van der Waals surface area contributed by atoms with Crippen molar-refractivity contribution in [2.24, 2.45) is 5.92 Å². The van der Waals surface area contributed by atoms with Gasteiger partial charge in [-0.15, -0.1) is 5.10 Å². The van der Waals surface area contributed by atoms with Crippen molar-refractivity contribution in [3.05, 3.63) is 35.9 Å². The molecule has 10 heteroatoms. The van der Waals surface area contributed by atoms with Gasteiger partial charge in [-0.1, -0.05) is 60.7 Å². The maximum Gasteiger partial charge on any atom is 0.191 e. The molecular formula is C24H32N6O3S. The van der Waals surface area contributed by atoms with E-state index in [9.17, 15) is 15.3 Å². The zero-order valence-corrected chi connectivity index (χ0v) is 20.1. The van der Waals surface area contributed by atoms with Crippen LogP contribution in [0.4, 0.5) is 5.82 Å². The highest BCUT2D eigenvalue weighted by atomic mass is 32.2. The largest absolute Gasteiger partial charge is 0.396 e. The second kappa shape index (κ2) is 10.2. The first-order chi connectivity index (χ1) is 16.6. The fourth-order valence-electron chi connectivity index (χ4n) is 4.90. The van der Waals surface area contributed by atoms with Crippen LogP contribution in [0.15, 0.2) is 35.5 Å². The van der Waals surface area contributed by atoms with Crippen molar-refractivity contribution in [3.8, 4) is 0 Å². The van der Waals surface area contributed by atoms with Gasteiger partial charge < -0.3 is 20.6 Å². The molecule has 6 atom stereocenters. The Morgan fingerprint density at radius 2 is 1.94 bits per heavy atom. The minimum absolute atomic E-state index is 0.0301. The summed E-state index contributed by atoms with van der Waals surface area (Å²) in [6.45, 7) is 2.13. The molecule has 3 aromatic rings. The second-order valence-electron chi connectivity index (χ2n) is 9.32. The second-order valence-corrected chi connectivity index (χ2v) is 10.4. The van der Waals surface area contributed by atoms with Crippen LogP contribution in [0.3, 0.4) is 0 Å². The molecule has 0 spiro atoms. The molecule has 2 fully saturated rings. The number of hydrogen-bond acceptors (Lipinski definition) is 9. The molecule has 182 valence electrons. The molecule has 2 heterocycles. The molecular weight excluding hydrogens is 452 g/mol. The van der Waals surface area contributed by atoms with Crippen LogP contribution in [-0.2, 0) is 0 Å². The van der Waals surface area contributed by atoms with E-state index >= 15 is 0 Å². The highest BCUT2D eigenvalue weighted by molar-refractivity contribution is 7.99. The molecule has 2 aliphatic rings. The van der Waals surface area contributed by atoms with Gasteiger partial charge in [-0.3, -0.25) is 0 Å². The van der Waals surface area contributed by atoms with E-state index in [2.05, 4.69) is 46.8 Å². The van der Waals surface area contributed by atoms with Crippen LogP contribution in [0.25, 0.3) is 11.2 Å². The molecule has 6 unspecified atom stereocenters. The van der Waals surface area contributed by atoms with Crippen molar-refractivity contribution < 1.29 is 15.3 Å². The number of aromatic nitrogens is 5. The highest BCUT2D eigenvalue weighted by Gasteiger charge is 2.44. The average molecular weight is 485 g/mol. The number of aliphatic hydroxyl groups excluding tert-OH is 3. The van der Waals surface area contributed by atoms with Gasteiger partial charge in [0, 0.05) is 24.3 Å². The standard InChI is InChI=1S/C24H32N6O3S/c1-2-3-11-34-24-26-22(25-17-13-16(17)14-7-5-4-6-8-14)19-23(27-24)30(29-28-19)18-12-15(9-10-31)20(32)21(18)33/h4-8,15-18,20-21,31-33H,2-3,9-13H2,1H3,(H,25,26,27). The van der Waals surface area contributed by atoms with Crippen LogP contribution in [0.5, 0.6) is 0 Å². The number of nitrogens with zero attached hydrogens (tertiary/aromatic N) is 5. The molecule has 1 aromatic carbocycles. The molecule has 0 radical (unpaired) electrons. The van der Waals surface area contributed by atoms with E-state index in [0.717, 1.165) is 25.0 Å². The summed E-state index contributed by atoms with van der Waals surface area (Å²) in [6, 6.07) is 10.3. The lowest BCUT2D eigenvalue weighted by Gasteiger charge is -2.17. The molecule has 2 saturated carbocycles. The Labute approximate surface area is 203 Å². The molecule has 2 aromatic heterocycles. The number of benzene rings is 1. The maximum atomic E-state index is 10.7. The Balaban J connectivity index is 1.44. The summed E-state index contributed by atoms with van der Waals surface area (Å²) in [7, 11) is 0. The summed E-state index contributed by atoms with van der Waals surface area (Å²) >= 11 is 1.61.